The van der Waals surface area contributed by atoms with Gasteiger partial charge in [-0.3, -0.25) is 9.78 Å². The van der Waals surface area contributed by atoms with Gasteiger partial charge in [0.2, 0.25) is 11.8 Å². The van der Waals surface area contributed by atoms with Crippen molar-refractivity contribution >= 4 is 5.95 Å². The van der Waals surface area contributed by atoms with Crippen LogP contribution in [0.2, 0.25) is 0 Å². The number of hydrogen-bond acceptors (Lipinski definition) is 4. The number of aromatic nitrogens is 2. The molecule has 3 N–H and O–H groups in total. The zero-order valence-electron chi connectivity index (χ0n) is 11.7. The van der Waals surface area contributed by atoms with E-state index in [1.807, 2.05) is 44.2 Å². The van der Waals surface area contributed by atoms with Crippen LogP contribution < -0.4 is 16.0 Å². The Kier molecular flexibility index (Phi) is 4.40. The number of nitrogen functional groups attached to an aromatic ring is 1. The number of hydrogen-bond donors (Lipinski definition) is 2. The van der Waals surface area contributed by atoms with Crippen LogP contribution in [0.5, 0.6) is 5.88 Å². The van der Waals surface area contributed by atoms with E-state index >= 15 is 0 Å². The Morgan fingerprint density at radius 3 is 2.65 bits per heavy atom. The molecule has 106 valence electrons. The minimum Gasteiger partial charge on any atom is -0.472 e. The molecular weight excluding hydrogens is 254 g/mol. The number of rotatable bonds is 5. The fourth-order valence-corrected chi connectivity index (χ4v) is 1.93. The zero-order valence-corrected chi connectivity index (χ0v) is 11.7. The molecule has 0 saturated heterocycles. The van der Waals surface area contributed by atoms with Crippen LogP contribution in [0.3, 0.4) is 0 Å². The molecule has 0 aliphatic rings. The predicted octanol–water partition coefficient (Wildman–Crippen LogP) is 2.13. The fourth-order valence-electron chi connectivity index (χ4n) is 1.93. The average Bonchev–Trinajstić information content (AvgIpc) is 2.40. The van der Waals surface area contributed by atoms with Crippen molar-refractivity contribution in [2.24, 2.45) is 5.92 Å². The van der Waals surface area contributed by atoms with Crippen molar-refractivity contribution < 1.29 is 4.74 Å². The highest BCUT2D eigenvalue weighted by Gasteiger charge is 2.13. The second-order valence-electron chi connectivity index (χ2n) is 5.11. The molecule has 0 amide bonds. The standard InChI is InChI=1S/C15H19N3O2/c1-10(2)8-12-13(19)17-15(16)18-14(12)20-9-11-6-4-3-5-7-11/h3-7,10H,8-9H2,1-2H3,(H3,16,17,18,19). The Hall–Kier alpha value is -2.30. The molecule has 0 aliphatic heterocycles. The van der Waals surface area contributed by atoms with Gasteiger partial charge in [-0.2, -0.15) is 4.98 Å². The van der Waals surface area contributed by atoms with Crippen LogP contribution >= 0.6 is 0 Å². The largest absolute Gasteiger partial charge is 0.472 e. The van der Waals surface area contributed by atoms with Gasteiger partial charge in [0.25, 0.3) is 5.56 Å². The third-order valence-corrected chi connectivity index (χ3v) is 2.83. The number of anilines is 1. The molecular formula is C15H19N3O2. The van der Waals surface area contributed by atoms with Gasteiger partial charge >= 0.3 is 0 Å². The maximum atomic E-state index is 12.0. The lowest BCUT2D eigenvalue weighted by molar-refractivity contribution is 0.288. The van der Waals surface area contributed by atoms with Crippen LogP contribution in [0, 0.1) is 5.92 Å². The van der Waals surface area contributed by atoms with Gasteiger partial charge < -0.3 is 10.5 Å². The molecule has 0 unspecified atom stereocenters. The number of nitrogens with zero attached hydrogens (tertiary/aromatic N) is 1. The normalized spacial score (nSPS) is 10.8. The van der Waals surface area contributed by atoms with Gasteiger partial charge in [-0.1, -0.05) is 44.2 Å². The lowest BCUT2D eigenvalue weighted by Crippen LogP contribution is -2.20. The molecule has 0 atom stereocenters. The highest BCUT2D eigenvalue weighted by Crippen LogP contribution is 2.17. The van der Waals surface area contributed by atoms with E-state index in [4.69, 9.17) is 10.5 Å². The fraction of sp³-hybridized carbons (Fsp3) is 0.333. The first-order valence-electron chi connectivity index (χ1n) is 6.61. The van der Waals surface area contributed by atoms with Gasteiger partial charge in [0.1, 0.15) is 6.61 Å². The Morgan fingerprint density at radius 1 is 1.30 bits per heavy atom. The smallest absolute Gasteiger partial charge is 0.259 e. The number of benzene rings is 1. The van der Waals surface area contributed by atoms with E-state index in [-0.39, 0.29) is 11.5 Å². The van der Waals surface area contributed by atoms with E-state index in [1.54, 1.807) is 0 Å². The van der Waals surface area contributed by atoms with Crippen LogP contribution in [-0.4, -0.2) is 9.97 Å². The molecule has 20 heavy (non-hydrogen) atoms. The van der Waals surface area contributed by atoms with Crippen LogP contribution in [0.4, 0.5) is 5.95 Å². The van der Waals surface area contributed by atoms with Gasteiger partial charge in [-0.15, -0.1) is 0 Å². The topological polar surface area (TPSA) is 81.0 Å². The minimum absolute atomic E-state index is 0.0746. The number of H-pyrrole nitrogens is 1. The Bertz CT molecular complexity index is 621. The second kappa shape index (κ2) is 6.23. The number of nitrogens with one attached hydrogen (secondary N) is 1. The summed E-state index contributed by atoms with van der Waals surface area (Å²) < 4.78 is 5.67. The van der Waals surface area contributed by atoms with Gasteiger partial charge in [0.15, 0.2) is 0 Å². The third-order valence-electron chi connectivity index (χ3n) is 2.83. The van der Waals surface area contributed by atoms with Crippen LogP contribution in [0.15, 0.2) is 35.1 Å². The van der Waals surface area contributed by atoms with E-state index in [0.29, 0.717) is 30.4 Å². The summed E-state index contributed by atoms with van der Waals surface area (Å²) in [5.41, 5.74) is 6.92. The molecule has 0 aliphatic carbocycles. The van der Waals surface area contributed by atoms with Crippen molar-refractivity contribution in [3.63, 3.8) is 0 Å². The highest BCUT2D eigenvalue weighted by molar-refractivity contribution is 5.30. The van der Waals surface area contributed by atoms with Crippen LogP contribution in [0.1, 0.15) is 25.0 Å². The molecule has 0 radical (unpaired) electrons. The number of ether oxygens (including phenoxy) is 1. The molecule has 0 bridgehead atoms. The van der Waals surface area contributed by atoms with Crippen molar-refractivity contribution in [1.82, 2.24) is 9.97 Å². The monoisotopic (exact) mass is 273 g/mol. The maximum absolute atomic E-state index is 12.0. The van der Waals surface area contributed by atoms with E-state index in [9.17, 15) is 4.79 Å². The Labute approximate surface area is 117 Å². The molecule has 2 aromatic rings. The second-order valence-corrected chi connectivity index (χ2v) is 5.11. The van der Waals surface area contributed by atoms with Crippen molar-refractivity contribution in [1.29, 1.82) is 0 Å². The summed E-state index contributed by atoms with van der Waals surface area (Å²) in [6, 6.07) is 9.73. The van der Waals surface area contributed by atoms with E-state index in [1.165, 1.54) is 0 Å². The third kappa shape index (κ3) is 3.60. The number of nitrogens with two attached hydrogens (primary N) is 1. The first kappa shape index (κ1) is 14.1. The minimum atomic E-state index is -0.228. The van der Waals surface area contributed by atoms with Gasteiger partial charge in [0, 0.05) is 0 Å². The van der Waals surface area contributed by atoms with Crippen molar-refractivity contribution in [2.75, 3.05) is 5.73 Å². The van der Waals surface area contributed by atoms with E-state index in [0.717, 1.165) is 5.56 Å². The average molecular weight is 273 g/mol. The Morgan fingerprint density at radius 2 is 2.00 bits per heavy atom. The molecule has 0 spiro atoms. The molecule has 1 aromatic heterocycles. The van der Waals surface area contributed by atoms with Gasteiger partial charge in [-0.25, -0.2) is 0 Å². The van der Waals surface area contributed by atoms with E-state index in [2.05, 4.69) is 9.97 Å². The predicted molar refractivity (Wildman–Crippen MR) is 78.6 cm³/mol. The van der Waals surface area contributed by atoms with Crippen molar-refractivity contribution in [3.05, 3.63) is 51.8 Å². The zero-order chi connectivity index (χ0) is 14.5. The molecule has 2 rings (SSSR count). The van der Waals surface area contributed by atoms with Crippen molar-refractivity contribution in [2.45, 2.75) is 26.9 Å². The lowest BCUT2D eigenvalue weighted by atomic mass is 10.1. The molecule has 1 aromatic carbocycles. The summed E-state index contributed by atoms with van der Waals surface area (Å²) in [4.78, 5) is 18.6. The first-order valence-corrected chi connectivity index (χ1v) is 6.61. The maximum Gasteiger partial charge on any atom is 0.259 e. The molecule has 0 fully saturated rings. The van der Waals surface area contributed by atoms with E-state index < -0.39 is 0 Å². The Balaban J connectivity index is 2.23. The molecule has 1 heterocycles. The quantitative estimate of drug-likeness (QED) is 0.874. The molecule has 5 heteroatoms. The highest BCUT2D eigenvalue weighted by atomic mass is 16.5. The lowest BCUT2D eigenvalue weighted by Gasteiger charge is -2.11. The molecule has 0 saturated carbocycles. The van der Waals surface area contributed by atoms with Crippen LogP contribution in [-0.2, 0) is 13.0 Å². The summed E-state index contributed by atoms with van der Waals surface area (Å²) >= 11 is 0. The summed E-state index contributed by atoms with van der Waals surface area (Å²) in [6.45, 7) is 4.44. The summed E-state index contributed by atoms with van der Waals surface area (Å²) in [5.74, 6) is 0.731. The summed E-state index contributed by atoms with van der Waals surface area (Å²) in [7, 11) is 0. The molecule has 5 nitrogen and oxygen atoms in total. The number of aromatic amines is 1. The SMILES string of the molecule is CC(C)Cc1c(OCc2ccccc2)nc(N)[nH]c1=O. The summed E-state index contributed by atoms with van der Waals surface area (Å²) in [6.07, 6.45) is 0.604. The van der Waals surface area contributed by atoms with Gasteiger partial charge in [0.05, 0.1) is 5.56 Å². The van der Waals surface area contributed by atoms with Crippen molar-refractivity contribution in [3.8, 4) is 5.88 Å². The van der Waals surface area contributed by atoms with Crippen LogP contribution in [0.25, 0.3) is 0 Å². The first-order chi connectivity index (χ1) is 9.56. The van der Waals surface area contributed by atoms with Gasteiger partial charge in [-0.05, 0) is 17.9 Å². The summed E-state index contributed by atoms with van der Waals surface area (Å²) in [5, 5.41) is 0.